The van der Waals surface area contributed by atoms with Crippen LogP contribution in [0.4, 0.5) is 0 Å². The molecule has 0 heterocycles. The van der Waals surface area contributed by atoms with Crippen molar-refractivity contribution in [3.05, 3.63) is 11.6 Å². The second-order valence-corrected chi connectivity index (χ2v) is 3.79. The van der Waals surface area contributed by atoms with Crippen LogP contribution in [0.5, 0.6) is 0 Å². The van der Waals surface area contributed by atoms with E-state index in [-0.39, 0.29) is 0 Å². The lowest BCUT2D eigenvalue weighted by atomic mass is 9.70. The van der Waals surface area contributed by atoms with Gasteiger partial charge in [-0.1, -0.05) is 6.08 Å². The van der Waals surface area contributed by atoms with Crippen LogP contribution in [-0.2, 0) is 4.79 Å². The molecule has 3 aliphatic rings. The second kappa shape index (κ2) is 2.47. The molecule has 0 amide bonds. The molecule has 0 N–H and O–H groups in total. The molecule has 0 aliphatic heterocycles. The van der Waals surface area contributed by atoms with Crippen LogP contribution in [0, 0.1) is 11.8 Å². The summed E-state index contributed by atoms with van der Waals surface area (Å²) in [6.07, 6.45) is 7.38. The van der Waals surface area contributed by atoms with E-state index in [9.17, 15) is 4.79 Å². The molecular weight excluding hydrogens is 136 g/mol. The van der Waals surface area contributed by atoms with Crippen LogP contribution in [0.15, 0.2) is 11.6 Å². The van der Waals surface area contributed by atoms with E-state index in [1.807, 2.05) is 0 Å². The molecule has 1 saturated carbocycles. The Morgan fingerprint density at radius 3 is 2.27 bits per heavy atom. The SMILES string of the molecule is CC(=O)C1=CC2CCC1CC2. The van der Waals surface area contributed by atoms with Crippen molar-refractivity contribution in [2.24, 2.45) is 11.8 Å². The number of carbonyl (C=O) groups is 1. The summed E-state index contributed by atoms with van der Waals surface area (Å²) in [6.45, 7) is 1.70. The Bertz CT molecular complexity index is 207. The minimum Gasteiger partial charge on any atom is -0.295 e. The maximum Gasteiger partial charge on any atom is 0.155 e. The largest absolute Gasteiger partial charge is 0.295 e. The maximum absolute atomic E-state index is 11.1. The third-order valence-electron chi connectivity index (χ3n) is 3.03. The Morgan fingerprint density at radius 2 is 2.00 bits per heavy atom. The Kier molecular flexibility index (Phi) is 1.59. The number of hydrogen-bond acceptors (Lipinski definition) is 1. The highest BCUT2D eigenvalue weighted by atomic mass is 16.1. The van der Waals surface area contributed by atoms with Crippen LogP contribution in [0.3, 0.4) is 0 Å². The van der Waals surface area contributed by atoms with Crippen LogP contribution in [0.25, 0.3) is 0 Å². The van der Waals surface area contributed by atoms with E-state index in [1.165, 1.54) is 25.7 Å². The number of hydrogen-bond donors (Lipinski definition) is 0. The van der Waals surface area contributed by atoms with E-state index in [0.717, 1.165) is 11.5 Å². The van der Waals surface area contributed by atoms with Crippen LogP contribution >= 0.6 is 0 Å². The predicted octanol–water partition coefficient (Wildman–Crippen LogP) is 2.32. The summed E-state index contributed by atoms with van der Waals surface area (Å²) in [5.41, 5.74) is 1.13. The highest BCUT2D eigenvalue weighted by molar-refractivity contribution is 5.94. The summed E-state index contributed by atoms with van der Waals surface area (Å²) in [4.78, 5) is 11.1. The molecule has 0 atom stereocenters. The molecule has 0 saturated heterocycles. The van der Waals surface area contributed by atoms with Crippen LogP contribution in [0.2, 0.25) is 0 Å². The molecule has 1 heteroatoms. The second-order valence-electron chi connectivity index (χ2n) is 3.79. The Hall–Kier alpha value is -0.590. The lowest BCUT2D eigenvalue weighted by molar-refractivity contribution is -0.114. The first-order valence-corrected chi connectivity index (χ1v) is 4.50. The van der Waals surface area contributed by atoms with Gasteiger partial charge in [-0.2, -0.15) is 0 Å². The molecule has 0 aromatic carbocycles. The summed E-state index contributed by atoms with van der Waals surface area (Å²) in [6, 6.07) is 0. The van der Waals surface area contributed by atoms with E-state index >= 15 is 0 Å². The summed E-state index contributed by atoms with van der Waals surface area (Å²) in [7, 11) is 0. The zero-order valence-corrected chi connectivity index (χ0v) is 6.97. The number of ketones is 1. The van der Waals surface area contributed by atoms with E-state index < -0.39 is 0 Å². The molecule has 11 heavy (non-hydrogen) atoms. The van der Waals surface area contributed by atoms with Gasteiger partial charge in [-0.15, -0.1) is 0 Å². The van der Waals surface area contributed by atoms with E-state index in [2.05, 4.69) is 6.08 Å². The number of allylic oxidation sites excluding steroid dienone is 2. The highest BCUT2D eigenvalue weighted by Gasteiger charge is 2.30. The first-order chi connectivity index (χ1) is 5.27. The summed E-state index contributed by atoms with van der Waals surface area (Å²) < 4.78 is 0. The lowest BCUT2D eigenvalue weighted by Gasteiger charge is -2.34. The molecule has 3 rings (SSSR count). The molecule has 0 unspecified atom stereocenters. The van der Waals surface area contributed by atoms with Gasteiger partial charge in [0.2, 0.25) is 0 Å². The van der Waals surface area contributed by atoms with Crippen LogP contribution in [0.1, 0.15) is 32.6 Å². The normalized spacial score (nSPS) is 35.2. The van der Waals surface area contributed by atoms with E-state index in [1.54, 1.807) is 6.92 Å². The highest BCUT2D eigenvalue weighted by Crippen LogP contribution is 2.40. The van der Waals surface area contributed by atoms with Crippen molar-refractivity contribution >= 4 is 5.78 Å². The maximum atomic E-state index is 11.1. The van der Waals surface area contributed by atoms with Crippen molar-refractivity contribution in [1.29, 1.82) is 0 Å². The monoisotopic (exact) mass is 150 g/mol. The fourth-order valence-corrected chi connectivity index (χ4v) is 2.39. The fourth-order valence-electron chi connectivity index (χ4n) is 2.39. The standard InChI is InChI=1S/C10H14O/c1-7(11)10-6-8-2-4-9(10)5-3-8/h6,8-9H,2-5H2,1H3. The minimum absolute atomic E-state index is 0.305. The van der Waals surface area contributed by atoms with Crippen molar-refractivity contribution in [3.63, 3.8) is 0 Å². The molecule has 60 valence electrons. The fraction of sp³-hybridized carbons (Fsp3) is 0.700. The third-order valence-corrected chi connectivity index (χ3v) is 3.03. The van der Waals surface area contributed by atoms with Gasteiger partial charge in [0.1, 0.15) is 0 Å². The van der Waals surface area contributed by atoms with Crippen molar-refractivity contribution in [2.45, 2.75) is 32.6 Å². The number of rotatable bonds is 1. The predicted molar refractivity (Wildman–Crippen MR) is 44.2 cm³/mol. The average molecular weight is 150 g/mol. The van der Waals surface area contributed by atoms with Gasteiger partial charge in [-0.05, 0) is 50.0 Å². The summed E-state index contributed by atoms with van der Waals surface area (Å²) in [5.74, 6) is 1.66. The molecule has 0 radical (unpaired) electrons. The first kappa shape index (κ1) is 7.08. The van der Waals surface area contributed by atoms with Gasteiger partial charge in [-0.3, -0.25) is 4.79 Å². The molecule has 0 spiro atoms. The van der Waals surface area contributed by atoms with Gasteiger partial charge < -0.3 is 0 Å². The quantitative estimate of drug-likeness (QED) is 0.560. The van der Waals surface area contributed by atoms with Gasteiger partial charge >= 0.3 is 0 Å². The Labute approximate surface area is 67.5 Å². The number of fused-ring (bicyclic) bond motifs is 2. The molecule has 1 nitrogen and oxygen atoms in total. The molecule has 3 aliphatic carbocycles. The number of carbonyl (C=O) groups excluding carboxylic acids is 1. The molecule has 0 aromatic heterocycles. The summed E-state index contributed by atoms with van der Waals surface area (Å²) >= 11 is 0. The zero-order chi connectivity index (χ0) is 7.84. The molecule has 1 fully saturated rings. The van der Waals surface area contributed by atoms with Gasteiger partial charge in [0.25, 0.3) is 0 Å². The van der Waals surface area contributed by atoms with Gasteiger partial charge in [-0.25, -0.2) is 0 Å². The Morgan fingerprint density at radius 1 is 1.36 bits per heavy atom. The lowest BCUT2D eigenvalue weighted by Crippen LogP contribution is -2.24. The topological polar surface area (TPSA) is 17.1 Å². The van der Waals surface area contributed by atoms with Crippen LogP contribution in [-0.4, -0.2) is 5.78 Å². The van der Waals surface area contributed by atoms with Crippen molar-refractivity contribution in [3.8, 4) is 0 Å². The van der Waals surface area contributed by atoms with Crippen molar-refractivity contribution < 1.29 is 4.79 Å². The van der Waals surface area contributed by atoms with Gasteiger partial charge in [0, 0.05) is 0 Å². The van der Waals surface area contributed by atoms with E-state index in [0.29, 0.717) is 11.7 Å². The van der Waals surface area contributed by atoms with Crippen LogP contribution < -0.4 is 0 Å². The van der Waals surface area contributed by atoms with E-state index in [4.69, 9.17) is 0 Å². The first-order valence-electron chi connectivity index (χ1n) is 4.50. The summed E-state index contributed by atoms with van der Waals surface area (Å²) in [5, 5.41) is 0. The minimum atomic E-state index is 0.305. The average Bonchev–Trinajstić information content (AvgIpc) is 2.06. The zero-order valence-electron chi connectivity index (χ0n) is 6.97. The molecule has 2 bridgehead atoms. The van der Waals surface area contributed by atoms with Gasteiger partial charge in [0.15, 0.2) is 5.78 Å². The number of Topliss-reactive ketones (excluding diaryl/α,β-unsaturated/α-hetero) is 1. The van der Waals surface area contributed by atoms with Crippen molar-refractivity contribution in [1.82, 2.24) is 0 Å². The van der Waals surface area contributed by atoms with Crippen molar-refractivity contribution in [2.75, 3.05) is 0 Å². The molecule has 0 aromatic rings. The van der Waals surface area contributed by atoms with Gasteiger partial charge in [0.05, 0.1) is 0 Å². The molecular formula is C10H14O. The Balaban J connectivity index is 2.27. The smallest absolute Gasteiger partial charge is 0.155 e. The third kappa shape index (κ3) is 1.13.